The van der Waals surface area contributed by atoms with Crippen molar-refractivity contribution in [1.29, 1.82) is 0 Å². The van der Waals surface area contributed by atoms with Gasteiger partial charge in [-0.05, 0) is 18.2 Å². The lowest BCUT2D eigenvalue weighted by molar-refractivity contribution is 0.590. The molecule has 4 rings (SSSR count). The molecule has 0 aliphatic heterocycles. The number of para-hydroxylation sites is 1. The Bertz CT molecular complexity index is 829. The third-order valence-electron chi connectivity index (χ3n) is 3.02. The first-order chi connectivity index (χ1) is 9.40. The Morgan fingerprint density at radius 1 is 1.00 bits per heavy atom. The van der Waals surface area contributed by atoms with Crippen LogP contribution in [0.25, 0.3) is 21.0 Å². The zero-order valence-electron chi connectivity index (χ0n) is 9.96. The monoisotopic (exact) mass is 266 g/mol. The average Bonchev–Trinajstić information content (AvgIpc) is 3.03. The number of thiazole rings is 1. The smallest absolute Gasteiger partial charge is 0.206 e. The van der Waals surface area contributed by atoms with Crippen LogP contribution in [0.2, 0.25) is 0 Å². The number of benzene rings is 2. The fourth-order valence-corrected chi connectivity index (χ4v) is 2.97. The van der Waals surface area contributed by atoms with Gasteiger partial charge in [0.1, 0.15) is 6.26 Å². The highest BCUT2D eigenvalue weighted by atomic mass is 32.1. The summed E-state index contributed by atoms with van der Waals surface area (Å²) in [5, 5.41) is 6.27. The van der Waals surface area contributed by atoms with Crippen LogP contribution in [-0.2, 0) is 0 Å². The second-order valence-electron chi connectivity index (χ2n) is 4.26. The lowest BCUT2D eigenvalue weighted by atomic mass is 10.2. The molecule has 4 heteroatoms. The highest BCUT2D eigenvalue weighted by Crippen LogP contribution is 2.32. The van der Waals surface area contributed by atoms with E-state index in [4.69, 9.17) is 4.42 Å². The summed E-state index contributed by atoms with van der Waals surface area (Å²) in [5.74, 6) is 0.745. The maximum absolute atomic E-state index is 5.57. The predicted molar refractivity (Wildman–Crippen MR) is 79.1 cm³/mol. The van der Waals surface area contributed by atoms with Crippen LogP contribution in [0.15, 0.2) is 59.2 Å². The quantitative estimate of drug-likeness (QED) is 0.567. The molecule has 3 nitrogen and oxygen atoms in total. The first-order valence-electron chi connectivity index (χ1n) is 5.99. The molecule has 2 aromatic carbocycles. The van der Waals surface area contributed by atoms with Gasteiger partial charge >= 0.3 is 0 Å². The van der Waals surface area contributed by atoms with Crippen molar-refractivity contribution in [1.82, 2.24) is 4.98 Å². The molecule has 19 heavy (non-hydrogen) atoms. The van der Waals surface area contributed by atoms with Gasteiger partial charge in [-0.3, -0.25) is 0 Å². The van der Waals surface area contributed by atoms with E-state index in [0.29, 0.717) is 0 Å². The van der Waals surface area contributed by atoms with Gasteiger partial charge in [-0.2, -0.15) is 0 Å². The topological polar surface area (TPSA) is 38.1 Å². The van der Waals surface area contributed by atoms with Gasteiger partial charge < -0.3 is 9.73 Å². The summed E-state index contributed by atoms with van der Waals surface area (Å²) < 4.78 is 6.74. The largest absolute Gasteiger partial charge is 0.447 e. The summed E-state index contributed by atoms with van der Waals surface area (Å²) in [6.07, 6.45) is 1.75. The lowest BCUT2D eigenvalue weighted by Crippen LogP contribution is -1.86. The van der Waals surface area contributed by atoms with Gasteiger partial charge in [-0.25, -0.2) is 4.98 Å². The first kappa shape index (κ1) is 10.6. The summed E-state index contributed by atoms with van der Waals surface area (Å²) >= 11 is 1.62. The summed E-state index contributed by atoms with van der Waals surface area (Å²) in [7, 11) is 0. The van der Waals surface area contributed by atoms with Crippen LogP contribution in [0.3, 0.4) is 0 Å². The van der Waals surface area contributed by atoms with Crippen molar-refractivity contribution in [3.63, 3.8) is 0 Å². The van der Waals surface area contributed by atoms with Crippen LogP contribution < -0.4 is 5.32 Å². The van der Waals surface area contributed by atoms with E-state index < -0.39 is 0 Å². The van der Waals surface area contributed by atoms with E-state index in [1.807, 2.05) is 42.5 Å². The van der Waals surface area contributed by atoms with Crippen LogP contribution in [-0.4, -0.2) is 4.98 Å². The normalized spacial score (nSPS) is 11.2. The van der Waals surface area contributed by atoms with E-state index in [1.54, 1.807) is 17.6 Å². The number of nitrogens with one attached hydrogen (secondary N) is 1. The molecule has 0 saturated carbocycles. The molecule has 0 aliphatic carbocycles. The van der Waals surface area contributed by atoms with Crippen molar-refractivity contribution in [3.8, 4) is 0 Å². The van der Waals surface area contributed by atoms with Gasteiger partial charge in [-0.15, -0.1) is 0 Å². The minimum absolute atomic E-state index is 0.745. The highest BCUT2D eigenvalue weighted by molar-refractivity contribution is 7.22. The Kier molecular flexibility index (Phi) is 2.28. The Morgan fingerprint density at radius 2 is 1.84 bits per heavy atom. The van der Waals surface area contributed by atoms with Crippen molar-refractivity contribution in [2.75, 3.05) is 5.32 Å². The Hall–Kier alpha value is -2.33. The molecule has 0 atom stereocenters. The van der Waals surface area contributed by atoms with Gasteiger partial charge in [0, 0.05) is 10.8 Å². The second-order valence-corrected chi connectivity index (χ2v) is 5.29. The minimum atomic E-state index is 0.745. The van der Waals surface area contributed by atoms with Crippen molar-refractivity contribution in [2.24, 2.45) is 0 Å². The number of hydrogen-bond acceptors (Lipinski definition) is 4. The van der Waals surface area contributed by atoms with Gasteiger partial charge in [0.2, 0.25) is 5.88 Å². The number of fused-ring (bicyclic) bond motifs is 2. The maximum Gasteiger partial charge on any atom is 0.206 e. The molecule has 1 N–H and O–H groups in total. The highest BCUT2D eigenvalue weighted by Gasteiger charge is 2.08. The van der Waals surface area contributed by atoms with Crippen molar-refractivity contribution < 1.29 is 4.42 Å². The van der Waals surface area contributed by atoms with E-state index >= 15 is 0 Å². The van der Waals surface area contributed by atoms with Crippen molar-refractivity contribution in [2.45, 2.75) is 0 Å². The fraction of sp³-hybridized carbons (Fsp3) is 0. The van der Waals surface area contributed by atoms with Gasteiger partial charge in [0.05, 0.1) is 10.2 Å². The summed E-state index contributed by atoms with van der Waals surface area (Å²) in [4.78, 5) is 4.54. The molecule has 0 bridgehead atoms. The Morgan fingerprint density at radius 3 is 2.79 bits per heavy atom. The number of anilines is 2. The molecule has 0 fully saturated rings. The molecule has 92 valence electrons. The zero-order chi connectivity index (χ0) is 12.7. The summed E-state index contributed by atoms with van der Waals surface area (Å²) in [6, 6.07) is 16.2. The molecule has 2 aromatic heterocycles. The minimum Gasteiger partial charge on any atom is -0.447 e. The van der Waals surface area contributed by atoms with Gasteiger partial charge in [-0.1, -0.05) is 41.7 Å². The van der Waals surface area contributed by atoms with Crippen LogP contribution in [0.4, 0.5) is 11.0 Å². The fourth-order valence-electron chi connectivity index (χ4n) is 2.11. The molecule has 0 spiro atoms. The SMILES string of the molecule is c1ccc2c(Nc3nc4ccccc4s3)occ2c1. The number of rotatable bonds is 2. The molecule has 0 unspecified atom stereocenters. The van der Waals surface area contributed by atoms with Crippen LogP contribution in [0, 0.1) is 0 Å². The van der Waals surface area contributed by atoms with E-state index in [1.165, 1.54) is 4.70 Å². The zero-order valence-corrected chi connectivity index (χ0v) is 10.8. The van der Waals surface area contributed by atoms with Gasteiger partial charge in [0.25, 0.3) is 0 Å². The molecule has 4 aromatic rings. The molecular weight excluding hydrogens is 256 g/mol. The van der Waals surface area contributed by atoms with Crippen molar-refractivity contribution >= 4 is 43.3 Å². The Labute approximate surface area is 113 Å². The van der Waals surface area contributed by atoms with Crippen LogP contribution in [0.1, 0.15) is 0 Å². The molecular formula is C15H10N2OS. The van der Waals surface area contributed by atoms with E-state index in [-0.39, 0.29) is 0 Å². The maximum atomic E-state index is 5.57. The number of aromatic nitrogens is 1. The van der Waals surface area contributed by atoms with Crippen LogP contribution >= 0.6 is 11.3 Å². The third kappa shape index (κ3) is 1.77. The summed E-state index contributed by atoms with van der Waals surface area (Å²) in [5.41, 5.74) is 1.01. The Balaban J connectivity index is 1.78. The predicted octanol–water partition coefficient (Wildman–Crippen LogP) is 4.79. The average molecular weight is 266 g/mol. The van der Waals surface area contributed by atoms with Crippen LogP contribution in [0.5, 0.6) is 0 Å². The first-order valence-corrected chi connectivity index (χ1v) is 6.81. The second kappa shape index (κ2) is 4.10. The number of hydrogen-bond donors (Lipinski definition) is 1. The van der Waals surface area contributed by atoms with E-state index in [0.717, 1.165) is 27.3 Å². The van der Waals surface area contributed by atoms with Crippen molar-refractivity contribution in [3.05, 3.63) is 54.8 Å². The third-order valence-corrected chi connectivity index (χ3v) is 3.98. The lowest BCUT2D eigenvalue weighted by Gasteiger charge is -1.97. The molecule has 0 amide bonds. The molecule has 2 heterocycles. The van der Waals surface area contributed by atoms with E-state index in [9.17, 15) is 0 Å². The van der Waals surface area contributed by atoms with E-state index in [2.05, 4.69) is 16.4 Å². The molecule has 0 radical (unpaired) electrons. The number of nitrogens with zero attached hydrogens (tertiary/aromatic N) is 1. The summed E-state index contributed by atoms with van der Waals surface area (Å²) in [6.45, 7) is 0. The molecule has 0 saturated heterocycles. The standard InChI is InChI=1S/C15H10N2OS/c1-2-6-11-10(5-1)9-18-14(11)17-15-16-12-7-3-4-8-13(12)19-15/h1-9H,(H,16,17). The van der Waals surface area contributed by atoms with Gasteiger partial charge in [0.15, 0.2) is 5.13 Å². The number of furan rings is 1. The molecule has 0 aliphatic rings.